The number of fused-ring (bicyclic) bond motifs is 13. The Bertz CT molecular complexity index is 3130. The SMILES string of the molecule is CCC1(C)c2ccc3c(sc4ccccc43)c2-c2cc(C)c3ccccc3[n+]21.CCCC.Cc1cc(-c2[c-]ccc3c2sc2ccccc23)[nH+]c2ccccc12.ClCCl.[Sr+2]. The Labute approximate surface area is 409 Å². The van der Waals surface area contributed by atoms with Crippen LogP contribution in [0.25, 0.3) is 84.7 Å². The summed E-state index contributed by atoms with van der Waals surface area (Å²) < 4.78 is 8.03. The summed E-state index contributed by atoms with van der Waals surface area (Å²) in [7, 11) is 0. The minimum absolute atomic E-state index is 0. The number of aromatic nitrogens is 2. The van der Waals surface area contributed by atoms with Crippen LogP contribution >= 0.6 is 45.9 Å². The van der Waals surface area contributed by atoms with Gasteiger partial charge in [0, 0.05) is 72.8 Å². The van der Waals surface area contributed by atoms with Gasteiger partial charge in [-0.05, 0) is 65.4 Å². The molecule has 7 heteroatoms. The average molecular weight is 937 g/mol. The molecule has 60 heavy (non-hydrogen) atoms. The molecular weight excluding hydrogens is 887 g/mol. The second kappa shape index (κ2) is 19.4. The Hall–Kier alpha value is -3.36. The number of aromatic amines is 1. The minimum Gasteiger partial charge on any atom is -0.245 e. The molecule has 1 unspecified atom stereocenters. The molecule has 2 nitrogen and oxygen atoms in total. The second-order valence-electron chi connectivity index (χ2n) is 15.4. The van der Waals surface area contributed by atoms with Gasteiger partial charge in [0.25, 0.3) is 0 Å². The first-order valence-corrected chi connectivity index (χ1v) is 23.2. The summed E-state index contributed by atoms with van der Waals surface area (Å²) in [5, 5.41) is 8.21. The van der Waals surface area contributed by atoms with Crippen molar-refractivity contribution in [3.63, 3.8) is 0 Å². The molecule has 0 bridgehead atoms. The van der Waals surface area contributed by atoms with E-state index in [0.29, 0.717) is 0 Å². The van der Waals surface area contributed by atoms with Gasteiger partial charge in [-0.2, -0.15) is 15.9 Å². The first-order chi connectivity index (χ1) is 28.8. The van der Waals surface area contributed by atoms with E-state index < -0.39 is 0 Å². The summed E-state index contributed by atoms with van der Waals surface area (Å²) in [6, 6.07) is 51.8. The number of H-pyrrole nitrogens is 1. The van der Waals surface area contributed by atoms with Crippen LogP contribution in [0.2, 0.25) is 0 Å². The maximum absolute atomic E-state index is 4.76. The Balaban J connectivity index is 0.000000157. The van der Waals surface area contributed by atoms with Crippen molar-refractivity contribution in [3.8, 4) is 22.5 Å². The Morgan fingerprint density at radius 2 is 1.18 bits per heavy atom. The molecule has 0 amide bonds. The van der Waals surface area contributed by atoms with E-state index in [9.17, 15) is 0 Å². The summed E-state index contributed by atoms with van der Waals surface area (Å²) in [6.45, 7) is 13.5. The summed E-state index contributed by atoms with van der Waals surface area (Å²) in [5.41, 5.74) is 11.7. The maximum atomic E-state index is 4.76. The fourth-order valence-corrected chi connectivity index (χ4v) is 11.1. The molecule has 0 aliphatic carbocycles. The third-order valence-corrected chi connectivity index (χ3v) is 14.2. The topological polar surface area (TPSA) is 18.0 Å². The van der Waals surface area contributed by atoms with Gasteiger partial charge >= 0.3 is 45.5 Å². The zero-order valence-corrected chi connectivity index (χ0v) is 41.9. The van der Waals surface area contributed by atoms with E-state index >= 15 is 0 Å². The second-order valence-corrected chi connectivity index (χ2v) is 18.3. The quantitative estimate of drug-likeness (QED) is 0.0727. The van der Waals surface area contributed by atoms with Gasteiger partial charge in [0.2, 0.25) is 16.7 Å². The third kappa shape index (κ3) is 8.06. The van der Waals surface area contributed by atoms with Crippen molar-refractivity contribution in [3.05, 3.63) is 156 Å². The van der Waals surface area contributed by atoms with Gasteiger partial charge in [0.1, 0.15) is 5.69 Å². The number of unbranched alkanes of at least 4 members (excludes halogenated alkanes) is 1. The molecule has 1 aliphatic rings. The van der Waals surface area contributed by atoms with E-state index in [1.165, 1.54) is 103 Å². The number of thiophene rings is 2. The molecule has 11 rings (SSSR count). The van der Waals surface area contributed by atoms with Crippen molar-refractivity contribution in [1.82, 2.24) is 0 Å². The zero-order valence-electron chi connectivity index (χ0n) is 35.3. The summed E-state index contributed by atoms with van der Waals surface area (Å²) >= 11 is 13.3. The number of hydrogen-bond acceptors (Lipinski definition) is 2. The molecule has 1 N–H and O–H groups in total. The largest absolute Gasteiger partial charge is 2.00 e. The van der Waals surface area contributed by atoms with Gasteiger partial charge in [0.15, 0.2) is 5.54 Å². The van der Waals surface area contributed by atoms with Crippen LogP contribution in [-0.4, -0.2) is 50.8 Å². The fraction of sp³-hybridized carbons (Fsp3) is 0.208. The van der Waals surface area contributed by atoms with Crippen molar-refractivity contribution in [2.45, 2.75) is 66.3 Å². The molecule has 10 aromatic rings. The number of alkyl halides is 2. The number of pyridine rings is 2. The predicted octanol–water partition coefficient (Wildman–Crippen LogP) is 15.6. The Morgan fingerprint density at radius 1 is 0.633 bits per heavy atom. The molecule has 6 aromatic carbocycles. The van der Waals surface area contributed by atoms with Gasteiger partial charge < -0.3 is 0 Å². The number of halogens is 2. The standard InChI is InChI=1S/C26H22NS.C22H14NS.C4H10.CH2Cl2.Sr/c1-4-26(3)20-14-13-19-18-10-6-8-12-23(18)28-25(19)24(20)22-15-16(2)17-9-5-7-11-21(17)27(22)26;1-14-13-20(23-19-11-4-2-7-15(14)19)18-10-6-9-17-16-8-3-5-12-21(16)24-22(17)18;1-3-4-2;2-1-3;/h5-15H,4H2,1-3H3;2-9,11-13H,1H3;3-4H2,1-2H3;1H2;/q+1;-1;;;+2/p+1. The number of rotatable bonds is 3. The smallest absolute Gasteiger partial charge is 0.245 e. The number of benzene rings is 6. The van der Waals surface area contributed by atoms with E-state index in [0.717, 1.165) is 17.7 Å². The van der Waals surface area contributed by atoms with E-state index in [2.05, 4.69) is 185 Å². The Morgan fingerprint density at radius 3 is 1.83 bits per heavy atom. The molecule has 0 fully saturated rings. The van der Waals surface area contributed by atoms with Crippen LogP contribution < -0.4 is 9.55 Å². The Kier molecular flexibility index (Phi) is 14.4. The number of nitrogens with one attached hydrogen (secondary N) is 1. The number of aryl methyl sites for hydroxylation is 2. The normalized spacial score (nSPS) is 13.9. The average Bonchev–Trinajstić information content (AvgIpc) is 3.92. The fourth-order valence-electron chi connectivity index (χ4n) is 8.59. The van der Waals surface area contributed by atoms with Gasteiger partial charge in [-0.15, -0.1) is 52.7 Å². The summed E-state index contributed by atoms with van der Waals surface area (Å²) in [4.78, 5) is 3.60. The van der Waals surface area contributed by atoms with Crippen LogP contribution in [0.3, 0.4) is 0 Å². The van der Waals surface area contributed by atoms with Crippen molar-refractivity contribution in [2.75, 3.05) is 5.34 Å². The zero-order chi connectivity index (χ0) is 41.3. The van der Waals surface area contributed by atoms with Gasteiger partial charge in [-0.1, -0.05) is 117 Å². The molecule has 0 radical (unpaired) electrons. The van der Waals surface area contributed by atoms with Crippen molar-refractivity contribution < 1.29 is 9.55 Å². The van der Waals surface area contributed by atoms with Crippen molar-refractivity contribution in [1.29, 1.82) is 0 Å². The number of hydrogen-bond donors (Lipinski definition) is 0. The third-order valence-electron chi connectivity index (χ3n) is 11.8. The van der Waals surface area contributed by atoms with E-state index in [1.54, 1.807) is 0 Å². The molecule has 1 atom stereocenters. The molecule has 1 aliphatic heterocycles. The van der Waals surface area contributed by atoms with Gasteiger partial charge in [-0.3, -0.25) is 0 Å². The van der Waals surface area contributed by atoms with Crippen LogP contribution in [0, 0.1) is 19.9 Å². The van der Waals surface area contributed by atoms with Crippen molar-refractivity contribution >= 4 is 154 Å². The summed E-state index contributed by atoms with van der Waals surface area (Å²) in [6.07, 6.45) is 3.71. The van der Waals surface area contributed by atoms with Crippen LogP contribution in [0.1, 0.15) is 63.6 Å². The van der Waals surface area contributed by atoms with E-state index in [4.69, 9.17) is 23.2 Å². The van der Waals surface area contributed by atoms with Crippen LogP contribution in [0.5, 0.6) is 0 Å². The molecule has 0 saturated heterocycles. The minimum atomic E-state index is -0.0255. The van der Waals surface area contributed by atoms with Gasteiger partial charge in [0.05, 0.1) is 10.9 Å². The maximum Gasteiger partial charge on any atom is 2.00 e. The van der Waals surface area contributed by atoms with E-state index in [1.807, 2.05) is 28.7 Å². The molecule has 0 spiro atoms. The first-order valence-electron chi connectivity index (χ1n) is 20.5. The predicted molar refractivity (Wildman–Crippen MR) is 266 cm³/mol. The molecule has 5 heterocycles. The monoisotopic (exact) mass is 935 g/mol. The molecule has 4 aromatic heterocycles. The summed E-state index contributed by atoms with van der Waals surface area (Å²) in [5.74, 6) is 0. The number of nitrogens with zero attached hydrogens (tertiary/aromatic N) is 1. The van der Waals surface area contributed by atoms with Crippen LogP contribution in [0.4, 0.5) is 0 Å². The number of para-hydroxylation sites is 2. The molecule has 0 saturated carbocycles. The van der Waals surface area contributed by atoms with Crippen molar-refractivity contribution in [2.24, 2.45) is 0 Å². The van der Waals surface area contributed by atoms with E-state index in [-0.39, 0.29) is 56.4 Å². The first kappa shape index (κ1) is 44.7. The van der Waals surface area contributed by atoms with Crippen LogP contribution in [0.15, 0.2) is 133 Å². The molecule has 296 valence electrons. The molecular formula is C53H49Cl2N2S2Sr+3. The van der Waals surface area contributed by atoms with Crippen LogP contribution in [-0.2, 0) is 5.54 Å². The van der Waals surface area contributed by atoms with Gasteiger partial charge in [-0.25, -0.2) is 4.98 Å².